The molecule has 0 aromatic heterocycles. The predicted octanol–water partition coefficient (Wildman–Crippen LogP) is 4.76. The zero-order valence-corrected chi connectivity index (χ0v) is 14.1. The van der Waals surface area contributed by atoms with Crippen molar-refractivity contribution in [1.82, 2.24) is 0 Å². The van der Waals surface area contributed by atoms with E-state index in [0.29, 0.717) is 13.0 Å². The van der Waals surface area contributed by atoms with Gasteiger partial charge in [0.05, 0.1) is 18.3 Å². The Morgan fingerprint density at radius 3 is 2.29 bits per heavy atom. The zero-order valence-electron chi connectivity index (χ0n) is 14.1. The van der Waals surface area contributed by atoms with Crippen LogP contribution in [0.4, 0.5) is 0 Å². The lowest BCUT2D eigenvalue weighted by atomic mass is 9.85. The average Bonchev–Trinajstić information content (AvgIpc) is 2.62. The molecule has 0 fully saturated rings. The molecule has 2 heteroatoms. The quantitative estimate of drug-likeness (QED) is 0.832. The van der Waals surface area contributed by atoms with Crippen molar-refractivity contribution in [3.05, 3.63) is 90.0 Å². The predicted molar refractivity (Wildman–Crippen MR) is 98.4 cm³/mol. The molecule has 0 saturated carbocycles. The molecule has 2 unspecified atom stereocenters. The third kappa shape index (κ3) is 4.22. The SMILES string of the molecule is CC(O)CC1(OCc2ccccc2)C=CC(c2ccccc2)=CC1. The molecule has 0 saturated heterocycles. The normalized spacial score (nSPS) is 21.3. The van der Waals surface area contributed by atoms with Crippen LogP contribution in [0.15, 0.2) is 78.9 Å². The van der Waals surface area contributed by atoms with Gasteiger partial charge in [-0.25, -0.2) is 0 Å². The Morgan fingerprint density at radius 2 is 1.71 bits per heavy atom. The molecule has 0 amide bonds. The van der Waals surface area contributed by atoms with Crippen LogP contribution < -0.4 is 0 Å². The van der Waals surface area contributed by atoms with Gasteiger partial charge in [0.1, 0.15) is 0 Å². The summed E-state index contributed by atoms with van der Waals surface area (Å²) in [6.45, 7) is 2.37. The molecule has 3 rings (SSSR count). The van der Waals surface area contributed by atoms with Crippen LogP contribution in [0.5, 0.6) is 0 Å². The minimum absolute atomic E-state index is 0.405. The van der Waals surface area contributed by atoms with Crippen molar-refractivity contribution >= 4 is 5.57 Å². The highest BCUT2D eigenvalue weighted by atomic mass is 16.5. The average molecular weight is 320 g/mol. The van der Waals surface area contributed by atoms with Gasteiger partial charge in [-0.05, 0) is 30.0 Å². The smallest absolute Gasteiger partial charge is 0.0929 e. The lowest BCUT2D eigenvalue weighted by Gasteiger charge is -2.34. The maximum Gasteiger partial charge on any atom is 0.0929 e. The summed E-state index contributed by atoms with van der Waals surface area (Å²) in [4.78, 5) is 0. The van der Waals surface area contributed by atoms with Crippen molar-refractivity contribution in [2.45, 2.75) is 38.1 Å². The molecule has 0 bridgehead atoms. The van der Waals surface area contributed by atoms with E-state index in [9.17, 15) is 5.11 Å². The second-order valence-corrected chi connectivity index (χ2v) is 6.46. The molecule has 0 radical (unpaired) electrons. The van der Waals surface area contributed by atoms with Crippen LogP contribution in [-0.4, -0.2) is 16.8 Å². The summed E-state index contributed by atoms with van der Waals surface area (Å²) < 4.78 is 6.26. The maximum absolute atomic E-state index is 9.92. The Morgan fingerprint density at radius 1 is 1.04 bits per heavy atom. The summed E-state index contributed by atoms with van der Waals surface area (Å²) in [5.41, 5.74) is 3.12. The number of aliphatic hydroxyl groups is 1. The number of rotatable bonds is 6. The molecule has 24 heavy (non-hydrogen) atoms. The van der Waals surface area contributed by atoms with Gasteiger partial charge in [-0.1, -0.05) is 78.9 Å². The molecule has 124 valence electrons. The number of hydrogen-bond acceptors (Lipinski definition) is 2. The summed E-state index contributed by atoms with van der Waals surface area (Å²) >= 11 is 0. The van der Waals surface area contributed by atoms with E-state index in [2.05, 4.69) is 42.5 Å². The van der Waals surface area contributed by atoms with Gasteiger partial charge in [-0.15, -0.1) is 0 Å². The zero-order chi connectivity index (χ0) is 16.8. The fourth-order valence-electron chi connectivity index (χ4n) is 3.12. The molecule has 2 aromatic carbocycles. The Labute approximate surface area is 144 Å². The Bertz CT molecular complexity index is 701. The van der Waals surface area contributed by atoms with Crippen molar-refractivity contribution in [1.29, 1.82) is 0 Å². The molecule has 0 spiro atoms. The molecule has 2 nitrogen and oxygen atoms in total. The monoisotopic (exact) mass is 320 g/mol. The highest BCUT2D eigenvalue weighted by Gasteiger charge is 2.31. The Balaban J connectivity index is 1.74. The standard InChI is InChI=1S/C22H24O2/c1-18(23)16-22(24-17-19-8-4-2-5-9-19)14-12-21(13-15-22)20-10-6-3-7-11-20/h2-14,18,23H,15-17H2,1H3. The number of aliphatic hydroxyl groups excluding tert-OH is 1. The van der Waals surface area contributed by atoms with Crippen LogP contribution in [-0.2, 0) is 11.3 Å². The molecular weight excluding hydrogens is 296 g/mol. The minimum atomic E-state index is -0.442. The number of hydrogen-bond donors (Lipinski definition) is 1. The molecule has 0 aliphatic heterocycles. The highest BCUT2D eigenvalue weighted by molar-refractivity contribution is 5.75. The Hall–Kier alpha value is -2.16. The molecule has 1 N–H and O–H groups in total. The maximum atomic E-state index is 9.92. The first-order valence-corrected chi connectivity index (χ1v) is 8.48. The van der Waals surface area contributed by atoms with Crippen molar-refractivity contribution in [2.75, 3.05) is 0 Å². The van der Waals surface area contributed by atoms with Gasteiger partial charge < -0.3 is 9.84 Å². The third-order valence-corrected chi connectivity index (χ3v) is 4.35. The van der Waals surface area contributed by atoms with Gasteiger partial charge >= 0.3 is 0 Å². The van der Waals surface area contributed by atoms with Gasteiger partial charge in [0.25, 0.3) is 0 Å². The highest BCUT2D eigenvalue weighted by Crippen LogP contribution is 2.33. The van der Waals surface area contributed by atoms with Gasteiger partial charge in [0.15, 0.2) is 0 Å². The van der Waals surface area contributed by atoms with E-state index in [1.54, 1.807) is 0 Å². The number of allylic oxidation sites excluding steroid dienone is 2. The topological polar surface area (TPSA) is 29.5 Å². The van der Waals surface area contributed by atoms with Crippen molar-refractivity contribution in [3.8, 4) is 0 Å². The van der Waals surface area contributed by atoms with E-state index >= 15 is 0 Å². The molecule has 0 heterocycles. The minimum Gasteiger partial charge on any atom is -0.393 e. The van der Waals surface area contributed by atoms with E-state index in [-0.39, 0.29) is 0 Å². The lowest BCUT2D eigenvalue weighted by Crippen LogP contribution is -2.34. The van der Waals surface area contributed by atoms with Crippen LogP contribution in [0.2, 0.25) is 0 Å². The van der Waals surface area contributed by atoms with Crippen LogP contribution in [0.1, 0.15) is 30.9 Å². The van der Waals surface area contributed by atoms with Crippen molar-refractivity contribution < 1.29 is 9.84 Å². The number of benzene rings is 2. The van der Waals surface area contributed by atoms with Crippen LogP contribution >= 0.6 is 0 Å². The van der Waals surface area contributed by atoms with E-state index in [1.165, 1.54) is 11.1 Å². The van der Waals surface area contributed by atoms with Crippen LogP contribution in [0.3, 0.4) is 0 Å². The largest absolute Gasteiger partial charge is 0.393 e. The molecule has 2 aromatic rings. The van der Waals surface area contributed by atoms with E-state index < -0.39 is 11.7 Å². The van der Waals surface area contributed by atoms with Crippen molar-refractivity contribution in [3.63, 3.8) is 0 Å². The second-order valence-electron chi connectivity index (χ2n) is 6.46. The van der Waals surface area contributed by atoms with Crippen LogP contribution in [0.25, 0.3) is 5.57 Å². The number of ether oxygens (including phenoxy) is 1. The van der Waals surface area contributed by atoms with Gasteiger partial charge in [0.2, 0.25) is 0 Å². The molecule has 1 aliphatic rings. The summed E-state index contributed by atoms with van der Waals surface area (Å²) in [6.07, 6.45) is 7.40. The first kappa shape index (κ1) is 16.7. The van der Waals surface area contributed by atoms with E-state index in [4.69, 9.17) is 4.74 Å². The van der Waals surface area contributed by atoms with E-state index in [0.717, 1.165) is 12.0 Å². The van der Waals surface area contributed by atoms with E-state index in [1.807, 2.05) is 43.3 Å². The second kappa shape index (κ2) is 7.61. The summed E-state index contributed by atoms with van der Waals surface area (Å²) in [7, 11) is 0. The van der Waals surface area contributed by atoms with Gasteiger partial charge in [0, 0.05) is 6.42 Å². The molecule has 1 aliphatic carbocycles. The first-order chi connectivity index (χ1) is 11.7. The Kier molecular flexibility index (Phi) is 5.29. The molecular formula is C22H24O2. The van der Waals surface area contributed by atoms with Gasteiger partial charge in [-0.2, -0.15) is 0 Å². The van der Waals surface area contributed by atoms with Gasteiger partial charge in [-0.3, -0.25) is 0 Å². The fraction of sp³-hybridized carbons (Fsp3) is 0.273. The molecule has 2 atom stereocenters. The summed E-state index contributed by atoms with van der Waals surface area (Å²) in [5, 5.41) is 9.92. The third-order valence-electron chi connectivity index (χ3n) is 4.35. The summed E-state index contributed by atoms with van der Waals surface area (Å²) in [5.74, 6) is 0. The first-order valence-electron chi connectivity index (χ1n) is 8.48. The summed E-state index contributed by atoms with van der Waals surface area (Å²) in [6, 6.07) is 20.5. The fourth-order valence-corrected chi connectivity index (χ4v) is 3.12. The van der Waals surface area contributed by atoms with Crippen LogP contribution in [0, 0.1) is 0 Å². The lowest BCUT2D eigenvalue weighted by molar-refractivity contribution is -0.0466. The van der Waals surface area contributed by atoms with Crippen molar-refractivity contribution in [2.24, 2.45) is 0 Å².